The summed E-state index contributed by atoms with van der Waals surface area (Å²) >= 11 is 0. The van der Waals surface area contributed by atoms with Crippen molar-refractivity contribution >= 4 is 29.1 Å². The third-order valence-corrected chi connectivity index (χ3v) is 4.83. The predicted molar refractivity (Wildman–Crippen MR) is 115 cm³/mol. The summed E-state index contributed by atoms with van der Waals surface area (Å²) in [6.07, 6.45) is -3.11. The first-order chi connectivity index (χ1) is 15.8. The van der Waals surface area contributed by atoms with E-state index in [0.29, 0.717) is 12.5 Å². The lowest BCUT2D eigenvalue weighted by atomic mass is 10.3. The minimum Gasteiger partial charge on any atom is -0.480 e. The summed E-state index contributed by atoms with van der Waals surface area (Å²) in [6, 6.07) is 0. The Bertz CT molecular complexity index is 1220. The number of aromatic nitrogens is 4. The number of hydrogen-bond acceptors (Lipinski definition) is 7. The molecule has 0 radical (unpaired) electrons. The monoisotopic (exact) mass is 490 g/mol. The third kappa shape index (κ3) is 6.03. The maximum Gasteiger partial charge on any atom is 0.490 e. The van der Waals surface area contributed by atoms with Crippen molar-refractivity contribution in [3.05, 3.63) is 32.5 Å². The first kappa shape index (κ1) is 26.6. The summed E-state index contributed by atoms with van der Waals surface area (Å²) in [6.45, 7) is 6.72. The van der Waals surface area contributed by atoms with Crippen molar-refractivity contribution in [2.24, 2.45) is 7.05 Å². The molecule has 1 fully saturated rings. The molecule has 0 aliphatic carbocycles. The van der Waals surface area contributed by atoms with Crippen LogP contribution in [0.4, 0.5) is 19.1 Å². The highest BCUT2D eigenvalue weighted by Gasteiger charge is 2.38. The van der Waals surface area contributed by atoms with Gasteiger partial charge >= 0.3 is 23.8 Å². The van der Waals surface area contributed by atoms with Gasteiger partial charge in [-0.15, -0.1) is 0 Å². The van der Waals surface area contributed by atoms with E-state index in [4.69, 9.17) is 15.0 Å². The number of alkyl halides is 3. The van der Waals surface area contributed by atoms with E-state index >= 15 is 0 Å². The lowest BCUT2D eigenvalue weighted by Gasteiger charge is -2.28. The SMILES string of the molecule is CC(C)=CCn1c(N2CCNCC2)nc2c1c(=O)n(CC(=O)O)c(=O)n2C.O=C(O)C(F)(F)F. The molecule has 3 N–H and O–H groups in total. The molecule has 1 saturated heterocycles. The molecule has 0 aromatic carbocycles. The molecule has 0 unspecified atom stereocenters. The number of piperazine rings is 1. The largest absolute Gasteiger partial charge is 0.490 e. The second-order valence-electron chi connectivity index (χ2n) is 7.64. The van der Waals surface area contributed by atoms with E-state index in [1.54, 1.807) is 4.57 Å². The first-order valence-corrected chi connectivity index (χ1v) is 10.1. The standard InChI is InChI=1S/C17H24N6O4.C2HF3O2/c1-11(2)4-7-22-13-14(19-16(22)21-8-5-18-6-9-21)20(3)17(27)23(15(13)26)10-12(24)25;3-2(4,5)1(6)7/h4,18H,5-10H2,1-3H3,(H,24,25);(H,6,7). The number of allylic oxidation sites excluding steroid dienone is 2. The van der Waals surface area contributed by atoms with Crippen LogP contribution in [0.1, 0.15) is 13.8 Å². The molecule has 2 aromatic rings. The zero-order valence-electron chi connectivity index (χ0n) is 18.7. The Balaban J connectivity index is 0.000000509. The summed E-state index contributed by atoms with van der Waals surface area (Å²) in [5, 5.41) is 19.5. The van der Waals surface area contributed by atoms with Crippen LogP contribution in [0.25, 0.3) is 11.2 Å². The highest BCUT2D eigenvalue weighted by molar-refractivity contribution is 5.75. The molecule has 15 heteroatoms. The van der Waals surface area contributed by atoms with Gasteiger partial charge in [-0.2, -0.15) is 18.2 Å². The highest BCUT2D eigenvalue weighted by Crippen LogP contribution is 2.20. The third-order valence-electron chi connectivity index (χ3n) is 4.83. The number of carboxylic acid groups (broad SMARTS) is 2. The molecule has 0 bridgehead atoms. The molecule has 0 spiro atoms. The van der Waals surface area contributed by atoms with Crippen LogP contribution in [0, 0.1) is 0 Å². The number of carboxylic acids is 2. The Kier molecular flexibility index (Phi) is 8.26. The van der Waals surface area contributed by atoms with Crippen molar-refractivity contribution in [1.29, 1.82) is 0 Å². The van der Waals surface area contributed by atoms with Gasteiger partial charge in [-0.05, 0) is 13.8 Å². The van der Waals surface area contributed by atoms with Crippen LogP contribution in [-0.2, 0) is 29.7 Å². The minimum atomic E-state index is -5.08. The predicted octanol–water partition coefficient (Wildman–Crippen LogP) is -0.00960. The number of nitrogens with one attached hydrogen (secondary N) is 1. The zero-order chi connectivity index (χ0) is 25.8. The second-order valence-corrected chi connectivity index (χ2v) is 7.64. The molecular formula is C19H25F3N6O6. The number of halogens is 3. The number of nitrogens with zero attached hydrogens (tertiary/aromatic N) is 5. The van der Waals surface area contributed by atoms with Gasteiger partial charge in [-0.25, -0.2) is 14.2 Å². The maximum atomic E-state index is 13.0. The number of rotatable bonds is 5. The molecule has 1 aliphatic rings. The van der Waals surface area contributed by atoms with Gasteiger partial charge in [0.05, 0.1) is 0 Å². The maximum absolute atomic E-state index is 13.0. The fourth-order valence-electron chi connectivity index (χ4n) is 3.19. The number of fused-ring (bicyclic) bond motifs is 1. The molecule has 3 rings (SSSR count). The van der Waals surface area contributed by atoms with Crippen molar-refractivity contribution in [3.63, 3.8) is 0 Å². The Labute approximate surface area is 190 Å². The number of anilines is 1. The van der Waals surface area contributed by atoms with Gasteiger partial charge in [-0.3, -0.25) is 14.2 Å². The summed E-state index contributed by atoms with van der Waals surface area (Å²) in [5.41, 5.74) is 0.269. The molecule has 1 aliphatic heterocycles. The van der Waals surface area contributed by atoms with Crippen molar-refractivity contribution in [2.45, 2.75) is 33.1 Å². The number of aliphatic carboxylic acids is 2. The van der Waals surface area contributed by atoms with E-state index < -0.39 is 35.9 Å². The quantitative estimate of drug-likeness (QED) is 0.492. The van der Waals surface area contributed by atoms with Crippen molar-refractivity contribution in [2.75, 3.05) is 31.1 Å². The normalized spacial score (nSPS) is 13.9. The van der Waals surface area contributed by atoms with E-state index in [9.17, 15) is 27.6 Å². The average Bonchev–Trinajstić information content (AvgIpc) is 3.14. The van der Waals surface area contributed by atoms with Crippen LogP contribution < -0.4 is 21.5 Å². The van der Waals surface area contributed by atoms with Gasteiger partial charge in [0.15, 0.2) is 11.2 Å². The van der Waals surface area contributed by atoms with Crippen LogP contribution in [0.5, 0.6) is 0 Å². The molecular weight excluding hydrogens is 465 g/mol. The highest BCUT2D eigenvalue weighted by atomic mass is 19.4. The van der Waals surface area contributed by atoms with E-state index in [-0.39, 0.29) is 11.2 Å². The van der Waals surface area contributed by atoms with E-state index in [1.807, 2.05) is 19.9 Å². The van der Waals surface area contributed by atoms with E-state index in [0.717, 1.165) is 36.3 Å². The van der Waals surface area contributed by atoms with Gasteiger partial charge in [-0.1, -0.05) is 11.6 Å². The van der Waals surface area contributed by atoms with Crippen LogP contribution in [0.3, 0.4) is 0 Å². The fraction of sp³-hybridized carbons (Fsp3) is 0.526. The van der Waals surface area contributed by atoms with Crippen molar-refractivity contribution < 1.29 is 33.0 Å². The second kappa shape index (κ2) is 10.5. The van der Waals surface area contributed by atoms with Crippen molar-refractivity contribution in [3.8, 4) is 0 Å². The molecule has 0 saturated carbocycles. The number of imidazole rings is 1. The number of hydrogen-bond donors (Lipinski definition) is 3. The van der Waals surface area contributed by atoms with Gasteiger partial charge in [0.2, 0.25) is 5.95 Å². The molecule has 188 valence electrons. The smallest absolute Gasteiger partial charge is 0.480 e. The Morgan fingerprint density at radius 2 is 1.68 bits per heavy atom. The molecule has 12 nitrogen and oxygen atoms in total. The number of carbonyl (C=O) groups is 2. The minimum absolute atomic E-state index is 0.240. The molecule has 3 heterocycles. The van der Waals surface area contributed by atoms with Crippen LogP contribution in [-0.4, -0.2) is 73.2 Å². The topological polar surface area (TPSA) is 152 Å². The Morgan fingerprint density at radius 1 is 1.12 bits per heavy atom. The zero-order valence-corrected chi connectivity index (χ0v) is 18.7. The van der Waals surface area contributed by atoms with Crippen molar-refractivity contribution in [1.82, 2.24) is 24.0 Å². The summed E-state index contributed by atoms with van der Waals surface area (Å²) in [5.74, 6) is -3.39. The molecule has 0 amide bonds. The lowest BCUT2D eigenvalue weighted by molar-refractivity contribution is -0.192. The molecule has 34 heavy (non-hydrogen) atoms. The van der Waals surface area contributed by atoms with Gasteiger partial charge in [0, 0.05) is 39.8 Å². The Morgan fingerprint density at radius 3 is 2.15 bits per heavy atom. The first-order valence-electron chi connectivity index (χ1n) is 10.1. The average molecular weight is 490 g/mol. The summed E-state index contributed by atoms with van der Waals surface area (Å²) in [4.78, 5) is 52.1. The summed E-state index contributed by atoms with van der Waals surface area (Å²) in [7, 11) is 1.50. The lowest BCUT2D eigenvalue weighted by Crippen LogP contribution is -2.44. The molecule has 2 aromatic heterocycles. The molecule has 0 atom stereocenters. The van der Waals surface area contributed by atoms with Crippen LogP contribution in [0.15, 0.2) is 21.2 Å². The van der Waals surface area contributed by atoms with Gasteiger partial charge in [0.1, 0.15) is 6.54 Å². The number of aryl methyl sites for hydroxylation is 1. The Hall–Kier alpha value is -3.62. The van der Waals surface area contributed by atoms with Gasteiger partial charge in [0.25, 0.3) is 5.56 Å². The van der Waals surface area contributed by atoms with E-state index in [2.05, 4.69) is 15.2 Å². The van der Waals surface area contributed by atoms with Crippen LogP contribution >= 0.6 is 0 Å². The van der Waals surface area contributed by atoms with E-state index in [1.165, 1.54) is 11.6 Å². The fourth-order valence-corrected chi connectivity index (χ4v) is 3.19. The van der Waals surface area contributed by atoms with Gasteiger partial charge < -0.3 is 25.0 Å². The summed E-state index contributed by atoms with van der Waals surface area (Å²) < 4.78 is 35.5. The van der Waals surface area contributed by atoms with Crippen LogP contribution in [0.2, 0.25) is 0 Å².